The van der Waals surface area contributed by atoms with Crippen LogP contribution in [-0.2, 0) is 11.2 Å². The SMILES string of the molecule is CCc1nnc([C@H]2CCCN(C(=O)C(C)(F)F)[C@H]2C)o1. The summed E-state index contributed by atoms with van der Waals surface area (Å²) in [5.74, 6) is -3.70. The van der Waals surface area contributed by atoms with E-state index >= 15 is 0 Å². The molecule has 0 N–H and O–H groups in total. The van der Waals surface area contributed by atoms with Gasteiger partial charge in [0.25, 0.3) is 5.91 Å². The topological polar surface area (TPSA) is 59.2 Å². The second kappa shape index (κ2) is 5.46. The Bertz CT molecular complexity index is 484. The van der Waals surface area contributed by atoms with Crippen molar-refractivity contribution in [2.45, 2.75) is 57.9 Å². The van der Waals surface area contributed by atoms with Crippen LogP contribution in [0.2, 0.25) is 0 Å². The number of carbonyl (C=O) groups excluding carboxylic acids is 1. The van der Waals surface area contributed by atoms with Crippen molar-refractivity contribution in [2.24, 2.45) is 0 Å². The van der Waals surface area contributed by atoms with Gasteiger partial charge < -0.3 is 9.32 Å². The predicted octanol–water partition coefficient (Wildman–Crippen LogP) is 2.38. The van der Waals surface area contributed by atoms with E-state index in [0.717, 1.165) is 6.42 Å². The zero-order chi connectivity index (χ0) is 14.9. The van der Waals surface area contributed by atoms with Gasteiger partial charge in [0.15, 0.2) is 0 Å². The summed E-state index contributed by atoms with van der Waals surface area (Å²) in [5.41, 5.74) is 0. The number of likely N-dealkylation sites (tertiary alicyclic amines) is 1. The van der Waals surface area contributed by atoms with Crippen LogP contribution in [0.4, 0.5) is 8.78 Å². The van der Waals surface area contributed by atoms with E-state index in [-0.39, 0.29) is 12.0 Å². The van der Waals surface area contributed by atoms with Crippen LogP contribution in [0.1, 0.15) is 51.3 Å². The van der Waals surface area contributed by atoms with Crippen LogP contribution in [0.25, 0.3) is 0 Å². The highest BCUT2D eigenvalue weighted by Crippen LogP contribution is 2.33. The number of nitrogens with zero attached hydrogens (tertiary/aromatic N) is 3. The van der Waals surface area contributed by atoms with Gasteiger partial charge in [-0.2, -0.15) is 8.78 Å². The number of aryl methyl sites for hydroxylation is 1. The van der Waals surface area contributed by atoms with Crippen molar-refractivity contribution in [1.82, 2.24) is 15.1 Å². The molecule has 0 saturated carbocycles. The van der Waals surface area contributed by atoms with Crippen molar-refractivity contribution in [3.8, 4) is 0 Å². The average Bonchev–Trinajstić information content (AvgIpc) is 2.85. The van der Waals surface area contributed by atoms with E-state index in [9.17, 15) is 13.6 Å². The fraction of sp³-hybridized carbons (Fsp3) is 0.769. The Morgan fingerprint density at radius 3 is 2.75 bits per heavy atom. The number of carbonyl (C=O) groups is 1. The maximum atomic E-state index is 13.2. The fourth-order valence-electron chi connectivity index (χ4n) is 2.57. The van der Waals surface area contributed by atoms with E-state index in [4.69, 9.17) is 4.42 Å². The summed E-state index contributed by atoms with van der Waals surface area (Å²) < 4.78 is 31.9. The van der Waals surface area contributed by atoms with Gasteiger partial charge in [-0.3, -0.25) is 4.79 Å². The van der Waals surface area contributed by atoms with Gasteiger partial charge in [-0.15, -0.1) is 10.2 Å². The molecule has 0 spiro atoms. The summed E-state index contributed by atoms with van der Waals surface area (Å²) >= 11 is 0. The second-order valence-electron chi connectivity index (χ2n) is 5.26. The molecule has 1 aromatic heterocycles. The molecule has 5 nitrogen and oxygen atoms in total. The normalized spacial score (nSPS) is 23.9. The van der Waals surface area contributed by atoms with E-state index in [1.54, 1.807) is 6.92 Å². The van der Waals surface area contributed by atoms with Crippen LogP contribution in [0.3, 0.4) is 0 Å². The minimum absolute atomic E-state index is 0.178. The highest BCUT2D eigenvalue weighted by molar-refractivity contribution is 5.83. The van der Waals surface area contributed by atoms with Crippen LogP contribution in [-0.4, -0.2) is 39.5 Å². The van der Waals surface area contributed by atoms with E-state index < -0.39 is 11.8 Å². The first-order chi connectivity index (χ1) is 9.34. The number of halogens is 2. The maximum Gasteiger partial charge on any atom is 0.322 e. The fourth-order valence-corrected chi connectivity index (χ4v) is 2.57. The molecular formula is C13H19F2N3O2. The third kappa shape index (κ3) is 2.81. The zero-order valence-corrected chi connectivity index (χ0v) is 11.9. The number of hydrogen-bond donors (Lipinski definition) is 0. The molecule has 1 aliphatic heterocycles. The Kier molecular flexibility index (Phi) is 4.06. The van der Waals surface area contributed by atoms with Gasteiger partial charge in [-0.05, 0) is 19.8 Å². The van der Waals surface area contributed by atoms with Gasteiger partial charge in [-0.25, -0.2) is 0 Å². The Labute approximate surface area is 116 Å². The quantitative estimate of drug-likeness (QED) is 0.856. The molecule has 1 saturated heterocycles. The van der Waals surface area contributed by atoms with Gasteiger partial charge in [0.2, 0.25) is 11.8 Å². The molecule has 2 rings (SSSR count). The molecule has 0 aromatic carbocycles. The van der Waals surface area contributed by atoms with Crippen molar-refractivity contribution >= 4 is 5.91 Å². The minimum Gasteiger partial charge on any atom is -0.425 e. The monoisotopic (exact) mass is 287 g/mol. The third-order valence-corrected chi connectivity index (χ3v) is 3.73. The van der Waals surface area contributed by atoms with Crippen molar-refractivity contribution in [2.75, 3.05) is 6.54 Å². The second-order valence-corrected chi connectivity index (χ2v) is 5.26. The first-order valence-electron chi connectivity index (χ1n) is 6.85. The van der Waals surface area contributed by atoms with Crippen LogP contribution < -0.4 is 0 Å². The molecule has 2 atom stereocenters. The Morgan fingerprint density at radius 2 is 2.20 bits per heavy atom. The molecule has 20 heavy (non-hydrogen) atoms. The van der Waals surface area contributed by atoms with Crippen LogP contribution >= 0.6 is 0 Å². The molecule has 0 bridgehead atoms. The number of aromatic nitrogens is 2. The lowest BCUT2D eigenvalue weighted by atomic mass is 9.89. The highest BCUT2D eigenvalue weighted by Gasteiger charge is 2.43. The lowest BCUT2D eigenvalue weighted by Crippen LogP contribution is -2.51. The lowest BCUT2D eigenvalue weighted by Gasteiger charge is -2.38. The molecule has 1 fully saturated rings. The first kappa shape index (κ1) is 14.9. The molecule has 1 aromatic rings. The third-order valence-electron chi connectivity index (χ3n) is 3.73. The van der Waals surface area contributed by atoms with Crippen molar-refractivity contribution in [3.05, 3.63) is 11.8 Å². The van der Waals surface area contributed by atoms with E-state index in [1.807, 2.05) is 6.92 Å². The summed E-state index contributed by atoms with van der Waals surface area (Å²) in [5, 5.41) is 7.87. The molecule has 1 aliphatic rings. The molecule has 0 unspecified atom stereocenters. The lowest BCUT2D eigenvalue weighted by molar-refractivity contribution is -0.159. The summed E-state index contributed by atoms with van der Waals surface area (Å²) in [6.07, 6.45) is 2.04. The minimum atomic E-state index is -3.35. The van der Waals surface area contributed by atoms with Gasteiger partial charge >= 0.3 is 5.92 Å². The molecule has 2 heterocycles. The first-order valence-corrected chi connectivity index (χ1v) is 6.85. The van der Waals surface area contributed by atoms with Gasteiger partial charge in [-0.1, -0.05) is 6.92 Å². The van der Waals surface area contributed by atoms with Gasteiger partial charge in [0, 0.05) is 25.9 Å². The van der Waals surface area contributed by atoms with Crippen molar-refractivity contribution in [1.29, 1.82) is 0 Å². The van der Waals surface area contributed by atoms with E-state index in [2.05, 4.69) is 10.2 Å². The van der Waals surface area contributed by atoms with Crippen molar-refractivity contribution in [3.63, 3.8) is 0 Å². The number of amides is 1. The highest BCUT2D eigenvalue weighted by atomic mass is 19.3. The van der Waals surface area contributed by atoms with Gasteiger partial charge in [0.1, 0.15) is 0 Å². The van der Waals surface area contributed by atoms with E-state index in [1.165, 1.54) is 4.90 Å². The smallest absolute Gasteiger partial charge is 0.322 e. The van der Waals surface area contributed by atoms with Gasteiger partial charge in [0.05, 0.1) is 5.92 Å². The molecule has 0 aliphatic carbocycles. The summed E-state index contributed by atoms with van der Waals surface area (Å²) in [4.78, 5) is 13.0. The van der Waals surface area contributed by atoms with Crippen LogP contribution in [0.5, 0.6) is 0 Å². The van der Waals surface area contributed by atoms with Crippen LogP contribution in [0.15, 0.2) is 4.42 Å². The maximum absolute atomic E-state index is 13.2. The molecule has 112 valence electrons. The number of piperidine rings is 1. The summed E-state index contributed by atoms with van der Waals surface area (Å²) in [7, 11) is 0. The number of alkyl halides is 2. The molecule has 0 radical (unpaired) electrons. The number of hydrogen-bond acceptors (Lipinski definition) is 4. The summed E-state index contributed by atoms with van der Waals surface area (Å²) in [6.45, 7) is 4.63. The Hall–Kier alpha value is -1.53. The van der Waals surface area contributed by atoms with Crippen molar-refractivity contribution < 1.29 is 18.0 Å². The summed E-state index contributed by atoms with van der Waals surface area (Å²) in [6, 6.07) is -0.368. The van der Waals surface area contributed by atoms with E-state index in [0.29, 0.717) is 38.1 Å². The molecular weight excluding hydrogens is 268 g/mol. The Morgan fingerprint density at radius 1 is 1.50 bits per heavy atom. The molecule has 1 amide bonds. The Balaban J connectivity index is 2.18. The largest absolute Gasteiger partial charge is 0.425 e. The van der Waals surface area contributed by atoms with Crippen LogP contribution in [0, 0.1) is 0 Å². The zero-order valence-electron chi connectivity index (χ0n) is 11.9. The molecule has 7 heteroatoms. The number of rotatable bonds is 3. The average molecular weight is 287 g/mol. The predicted molar refractivity (Wildman–Crippen MR) is 67.4 cm³/mol. The standard InChI is InChI=1S/C13H19F2N3O2/c1-4-10-16-17-11(20-10)9-6-5-7-18(8(9)2)12(19)13(3,14)15/h8-9H,4-7H2,1-3H3/t8-,9-/m0/s1.